The van der Waals surface area contributed by atoms with Crippen molar-refractivity contribution in [3.8, 4) is 5.75 Å². The Labute approximate surface area is 144 Å². The molecule has 0 amide bonds. The van der Waals surface area contributed by atoms with Crippen LogP contribution in [0.3, 0.4) is 0 Å². The molecule has 0 aromatic heterocycles. The fourth-order valence-electron chi connectivity index (χ4n) is 1.15. The molecule has 0 aliphatic rings. The van der Waals surface area contributed by atoms with Gasteiger partial charge in [-0.1, -0.05) is 32.9 Å². The van der Waals surface area contributed by atoms with Crippen molar-refractivity contribution in [1.82, 2.24) is 0 Å². The number of phosphoric ester groups is 1. The summed E-state index contributed by atoms with van der Waals surface area (Å²) in [6.45, 7) is 6.18. The number of hydrogen-bond donors (Lipinski definition) is 2. The Balaban J connectivity index is -0.000000750. The number of rotatable bonds is 2. The zero-order valence-electron chi connectivity index (χ0n) is 8.97. The molecule has 1 aromatic carbocycles. The summed E-state index contributed by atoms with van der Waals surface area (Å²) in [6.07, 6.45) is 0. The molecule has 90 valence electrons. The minimum absolute atomic E-state index is 0. The zero-order valence-corrected chi connectivity index (χ0v) is 9.86. The topological polar surface area (TPSA) is 66.8 Å². The van der Waals surface area contributed by atoms with Crippen LogP contribution in [0.25, 0.3) is 0 Å². The minimum atomic E-state index is -4.44. The van der Waals surface area contributed by atoms with E-state index >= 15 is 0 Å². The Morgan fingerprint density at radius 1 is 1.00 bits per heavy atom. The van der Waals surface area contributed by atoms with Gasteiger partial charge in [0.1, 0.15) is 5.75 Å². The Morgan fingerprint density at radius 3 is 1.67 bits per heavy atom. The van der Waals surface area contributed by atoms with E-state index in [1.54, 1.807) is 24.3 Å². The van der Waals surface area contributed by atoms with Crippen molar-refractivity contribution in [3.05, 3.63) is 29.8 Å². The van der Waals surface area contributed by atoms with E-state index in [9.17, 15) is 4.57 Å². The van der Waals surface area contributed by atoms with Crippen molar-refractivity contribution >= 4 is 64.4 Å². The summed E-state index contributed by atoms with van der Waals surface area (Å²) in [5.74, 6) is 0.177. The van der Waals surface area contributed by atoms with Crippen LogP contribution in [0.4, 0.5) is 0 Å². The molecule has 0 aliphatic heterocycles. The quantitative estimate of drug-likeness (QED) is 0.596. The summed E-state index contributed by atoms with van der Waals surface area (Å²) in [7, 11) is -4.44. The predicted molar refractivity (Wildman–Crippen MR) is 79.3 cm³/mol. The monoisotopic (exact) mass is 254 g/mol. The maximum absolute atomic E-state index is 10.6. The van der Waals surface area contributed by atoms with Crippen LogP contribution in [-0.4, -0.2) is 66.4 Å². The van der Waals surface area contributed by atoms with Crippen LogP contribution in [0, 0.1) is 0 Å². The number of phosphoric acid groups is 1. The van der Waals surface area contributed by atoms with Crippen LogP contribution < -0.4 is 4.52 Å². The first-order valence-electron chi connectivity index (χ1n) is 4.54. The average Bonchev–Trinajstić information content (AvgIpc) is 2.00. The Morgan fingerprint density at radius 2 is 1.39 bits per heavy atom. The van der Waals surface area contributed by atoms with E-state index in [0.29, 0.717) is 0 Å². The van der Waals surface area contributed by atoms with E-state index in [1.807, 2.05) is 0 Å². The second-order valence-corrected chi connectivity index (χ2v) is 5.52. The molecule has 0 aliphatic carbocycles. The summed E-state index contributed by atoms with van der Waals surface area (Å²) >= 11 is 0. The predicted octanol–water partition coefficient (Wildman–Crippen LogP) is 0.510. The summed E-state index contributed by atoms with van der Waals surface area (Å²) in [5.41, 5.74) is 1.10. The summed E-state index contributed by atoms with van der Waals surface area (Å²) in [6, 6.07) is 6.70. The van der Waals surface area contributed by atoms with E-state index < -0.39 is 7.82 Å². The van der Waals surface area contributed by atoms with Gasteiger partial charge in [-0.3, -0.25) is 9.79 Å². The van der Waals surface area contributed by atoms with Gasteiger partial charge in [0.05, 0.1) is 0 Å². The van der Waals surface area contributed by atoms with Gasteiger partial charge in [0, 0.05) is 0 Å². The Hall–Kier alpha value is 0.962. The van der Waals surface area contributed by atoms with Gasteiger partial charge in [0.2, 0.25) is 0 Å². The Kier molecular flexibility index (Phi) is 12.0. The molecule has 0 saturated carbocycles. The molecule has 0 spiro atoms. The van der Waals surface area contributed by atoms with Gasteiger partial charge in [0.15, 0.2) is 0 Å². The third-order valence-corrected chi connectivity index (χ3v) is 2.39. The van der Waals surface area contributed by atoms with E-state index in [2.05, 4.69) is 25.3 Å². The first-order chi connectivity index (χ1) is 6.68. The van der Waals surface area contributed by atoms with Crippen molar-refractivity contribution < 1.29 is 18.9 Å². The summed E-state index contributed by atoms with van der Waals surface area (Å²) < 4.78 is 15.0. The molecule has 0 bridgehead atoms. The fourth-order valence-corrected chi connectivity index (χ4v) is 1.55. The normalized spacial score (nSPS) is 10.5. The van der Waals surface area contributed by atoms with Gasteiger partial charge in [-0.05, 0) is 23.1 Å². The molecule has 0 atom stereocenters. The molecule has 0 saturated heterocycles. The first kappa shape index (κ1) is 24.0. The van der Waals surface area contributed by atoms with Gasteiger partial charge in [-0.15, -0.1) is 0 Å². The van der Waals surface area contributed by atoms with E-state index in [4.69, 9.17) is 9.79 Å². The van der Waals surface area contributed by atoms with Crippen LogP contribution in [0.15, 0.2) is 24.3 Å². The van der Waals surface area contributed by atoms with Gasteiger partial charge in [0.25, 0.3) is 0 Å². The zero-order chi connectivity index (χ0) is 11.7. The van der Waals surface area contributed by atoms with Gasteiger partial charge < -0.3 is 4.52 Å². The van der Waals surface area contributed by atoms with Gasteiger partial charge in [-0.2, -0.15) is 0 Å². The van der Waals surface area contributed by atoms with Crippen LogP contribution in [0.1, 0.15) is 26.3 Å². The molecule has 4 nitrogen and oxygen atoms in total. The molecular formula is C10H18Li3O4P. The third-order valence-electron chi connectivity index (χ3n) is 1.94. The Bertz CT molecular complexity index is 383. The molecule has 0 fully saturated rings. The third kappa shape index (κ3) is 8.96. The van der Waals surface area contributed by atoms with E-state index in [1.165, 1.54) is 0 Å². The molecular weight excluding hydrogens is 236 g/mol. The van der Waals surface area contributed by atoms with Crippen molar-refractivity contribution in [3.63, 3.8) is 0 Å². The van der Waals surface area contributed by atoms with Crippen LogP contribution in [-0.2, 0) is 9.98 Å². The summed E-state index contributed by atoms with van der Waals surface area (Å²) in [5, 5.41) is 0. The number of hydrogen-bond acceptors (Lipinski definition) is 2. The summed E-state index contributed by atoms with van der Waals surface area (Å²) in [4.78, 5) is 17.2. The molecule has 0 radical (unpaired) electrons. The second kappa shape index (κ2) is 9.00. The van der Waals surface area contributed by atoms with Gasteiger partial charge in [-0.25, -0.2) is 4.57 Å². The maximum atomic E-state index is 10.6. The van der Waals surface area contributed by atoms with E-state index in [0.717, 1.165) is 5.56 Å². The average molecular weight is 254 g/mol. The van der Waals surface area contributed by atoms with E-state index in [-0.39, 0.29) is 67.7 Å². The van der Waals surface area contributed by atoms with Crippen LogP contribution in [0.2, 0.25) is 0 Å². The molecule has 2 N–H and O–H groups in total. The van der Waals surface area contributed by atoms with Crippen molar-refractivity contribution in [2.45, 2.75) is 26.2 Å². The SMILES string of the molecule is CC(C)(C)c1ccc(OP(=O)(O)O)cc1.[LiH].[LiH].[LiH]. The molecule has 1 rings (SSSR count). The van der Waals surface area contributed by atoms with Crippen LogP contribution >= 0.6 is 7.82 Å². The van der Waals surface area contributed by atoms with Crippen LogP contribution in [0.5, 0.6) is 5.75 Å². The molecule has 8 heteroatoms. The molecule has 0 unspecified atom stereocenters. The fraction of sp³-hybridized carbons (Fsp3) is 0.400. The molecule has 18 heavy (non-hydrogen) atoms. The van der Waals surface area contributed by atoms with Crippen molar-refractivity contribution in [2.75, 3.05) is 0 Å². The van der Waals surface area contributed by atoms with Crippen molar-refractivity contribution in [1.29, 1.82) is 0 Å². The van der Waals surface area contributed by atoms with Gasteiger partial charge >= 0.3 is 64.4 Å². The molecule has 0 heterocycles. The molecule has 1 aromatic rings. The van der Waals surface area contributed by atoms with Crippen molar-refractivity contribution in [2.24, 2.45) is 0 Å². The number of benzene rings is 1. The second-order valence-electron chi connectivity index (χ2n) is 4.36. The first-order valence-corrected chi connectivity index (χ1v) is 6.07. The standard InChI is InChI=1S/C10H15O4P.3Li.3H/c1-10(2,3)8-4-6-9(7-5-8)14-15(11,12)13;;;;;;/h4-7H,1-3H3,(H2,11,12,13);;;;;;.